The first kappa shape index (κ1) is 14.1. The molecule has 0 bridgehead atoms. The van der Waals surface area contributed by atoms with E-state index in [4.69, 9.17) is 5.11 Å². The number of carboxylic acid groups (broad SMARTS) is 1. The van der Waals surface area contributed by atoms with Crippen molar-refractivity contribution < 1.29 is 23.2 Å². The van der Waals surface area contributed by atoms with Gasteiger partial charge >= 0.3 is 5.97 Å². The number of hydrogen-bond acceptors (Lipinski definition) is 4. The molecule has 8 heteroatoms. The number of aryl methyl sites for hydroxylation is 1. The fourth-order valence-corrected chi connectivity index (χ4v) is 2.67. The molecule has 94 valence electrons. The molecule has 0 aliphatic carbocycles. The average molecular weight is 324 g/mol. The Labute approximate surface area is 107 Å². The SMILES string of the molecule is Cc1ccc(Br)cc1S(=O)(=O)NOCC(=O)O. The normalized spacial score (nSPS) is 11.4. The zero-order valence-corrected chi connectivity index (χ0v) is 11.2. The third kappa shape index (κ3) is 4.08. The first-order valence-electron chi connectivity index (χ1n) is 4.44. The van der Waals surface area contributed by atoms with Gasteiger partial charge < -0.3 is 5.11 Å². The van der Waals surface area contributed by atoms with Gasteiger partial charge in [0.1, 0.15) is 0 Å². The van der Waals surface area contributed by atoms with Crippen molar-refractivity contribution in [3.8, 4) is 0 Å². The number of carboxylic acids is 1. The number of sulfonamides is 1. The topological polar surface area (TPSA) is 92.7 Å². The number of nitrogens with one attached hydrogen (secondary N) is 1. The Kier molecular flexibility index (Phi) is 4.63. The lowest BCUT2D eigenvalue weighted by molar-refractivity contribution is -0.143. The van der Waals surface area contributed by atoms with Crippen molar-refractivity contribution in [2.24, 2.45) is 0 Å². The molecule has 2 N–H and O–H groups in total. The van der Waals surface area contributed by atoms with Gasteiger partial charge in [0.25, 0.3) is 10.0 Å². The summed E-state index contributed by atoms with van der Waals surface area (Å²) < 4.78 is 24.1. The molecule has 0 amide bonds. The monoisotopic (exact) mass is 323 g/mol. The van der Waals surface area contributed by atoms with Gasteiger partial charge in [-0.3, -0.25) is 4.84 Å². The lowest BCUT2D eigenvalue weighted by Crippen LogP contribution is -2.27. The molecule has 0 fully saturated rings. The van der Waals surface area contributed by atoms with Crippen LogP contribution in [-0.2, 0) is 19.7 Å². The van der Waals surface area contributed by atoms with E-state index in [1.54, 1.807) is 23.9 Å². The molecule has 0 radical (unpaired) electrons. The van der Waals surface area contributed by atoms with Crippen LogP contribution in [0.4, 0.5) is 0 Å². The van der Waals surface area contributed by atoms with Gasteiger partial charge in [-0.2, -0.15) is 0 Å². The highest BCUT2D eigenvalue weighted by molar-refractivity contribution is 9.10. The van der Waals surface area contributed by atoms with E-state index in [0.717, 1.165) is 0 Å². The first-order chi connectivity index (χ1) is 7.83. The molecule has 0 unspecified atom stereocenters. The highest BCUT2D eigenvalue weighted by atomic mass is 79.9. The fraction of sp³-hybridized carbons (Fsp3) is 0.222. The Bertz CT molecular complexity index is 528. The molecule has 0 atom stereocenters. The molecule has 0 aliphatic rings. The standard InChI is InChI=1S/C9H10BrNO5S/c1-6-2-3-7(10)4-8(6)17(14,15)11-16-5-9(12)13/h2-4,11H,5H2,1H3,(H,12,13). The van der Waals surface area contributed by atoms with Gasteiger partial charge in [-0.15, -0.1) is 0 Å². The van der Waals surface area contributed by atoms with Crippen LogP contribution < -0.4 is 4.89 Å². The summed E-state index contributed by atoms with van der Waals surface area (Å²) in [5, 5.41) is 8.31. The highest BCUT2D eigenvalue weighted by Crippen LogP contribution is 2.20. The van der Waals surface area contributed by atoms with E-state index in [9.17, 15) is 13.2 Å². The molecular weight excluding hydrogens is 314 g/mol. The number of benzene rings is 1. The molecule has 1 aromatic rings. The summed E-state index contributed by atoms with van der Waals surface area (Å²) in [5.74, 6) is -1.27. The predicted octanol–water partition coefficient (Wildman–Crippen LogP) is 1.05. The molecule has 1 aromatic carbocycles. The highest BCUT2D eigenvalue weighted by Gasteiger charge is 2.17. The lowest BCUT2D eigenvalue weighted by atomic mass is 10.2. The van der Waals surface area contributed by atoms with E-state index in [-0.39, 0.29) is 4.90 Å². The Balaban J connectivity index is 2.89. The number of aliphatic carboxylic acids is 1. The van der Waals surface area contributed by atoms with Gasteiger partial charge in [0.15, 0.2) is 6.61 Å². The maximum Gasteiger partial charge on any atom is 0.331 e. The molecule has 0 saturated carbocycles. The summed E-state index contributed by atoms with van der Waals surface area (Å²) in [6.07, 6.45) is 0. The fourth-order valence-electron chi connectivity index (χ4n) is 1.08. The minimum absolute atomic E-state index is 0.0252. The number of halogens is 1. The van der Waals surface area contributed by atoms with Crippen LogP contribution in [-0.4, -0.2) is 26.1 Å². The van der Waals surface area contributed by atoms with Crippen LogP contribution in [0.3, 0.4) is 0 Å². The Hall–Kier alpha value is -0.960. The van der Waals surface area contributed by atoms with Crippen LogP contribution in [0.2, 0.25) is 0 Å². The summed E-state index contributed by atoms with van der Waals surface area (Å²) in [6, 6.07) is 4.73. The third-order valence-corrected chi connectivity index (χ3v) is 3.65. The van der Waals surface area contributed by atoms with Crippen molar-refractivity contribution in [2.75, 3.05) is 6.61 Å². The van der Waals surface area contributed by atoms with Crippen LogP contribution in [0.1, 0.15) is 5.56 Å². The summed E-state index contributed by atoms with van der Waals surface area (Å²) in [6.45, 7) is 0.879. The first-order valence-corrected chi connectivity index (χ1v) is 6.72. The van der Waals surface area contributed by atoms with Crippen molar-refractivity contribution in [1.82, 2.24) is 4.89 Å². The van der Waals surface area contributed by atoms with E-state index in [2.05, 4.69) is 20.8 Å². The molecule has 0 aliphatic heterocycles. The quantitative estimate of drug-likeness (QED) is 0.790. The molecule has 0 saturated heterocycles. The summed E-state index contributed by atoms with van der Waals surface area (Å²) >= 11 is 3.15. The van der Waals surface area contributed by atoms with Crippen LogP contribution >= 0.6 is 15.9 Å². The van der Waals surface area contributed by atoms with Gasteiger partial charge in [-0.1, -0.05) is 26.9 Å². The van der Waals surface area contributed by atoms with Crippen molar-refractivity contribution in [3.63, 3.8) is 0 Å². The van der Waals surface area contributed by atoms with E-state index in [1.807, 2.05) is 0 Å². The van der Waals surface area contributed by atoms with E-state index in [1.165, 1.54) is 6.07 Å². The smallest absolute Gasteiger partial charge is 0.331 e. The molecule has 0 aromatic heterocycles. The number of carbonyl (C=O) groups is 1. The van der Waals surface area contributed by atoms with Crippen molar-refractivity contribution in [3.05, 3.63) is 28.2 Å². The van der Waals surface area contributed by atoms with Crippen molar-refractivity contribution >= 4 is 31.9 Å². The van der Waals surface area contributed by atoms with Gasteiger partial charge in [-0.25, -0.2) is 13.2 Å². The van der Waals surface area contributed by atoms with Crippen molar-refractivity contribution in [1.29, 1.82) is 0 Å². The Morgan fingerprint density at radius 1 is 1.53 bits per heavy atom. The predicted molar refractivity (Wildman–Crippen MR) is 62.8 cm³/mol. The minimum Gasteiger partial charge on any atom is -0.479 e. The molecule has 6 nitrogen and oxygen atoms in total. The second-order valence-corrected chi connectivity index (χ2v) is 5.71. The van der Waals surface area contributed by atoms with Crippen LogP contribution in [0, 0.1) is 6.92 Å². The average Bonchev–Trinajstić information content (AvgIpc) is 2.20. The number of hydrogen-bond donors (Lipinski definition) is 2. The summed E-state index contributed by atoms with van der Waals surface area (Å²) in [7, 11) is -3.87. The molecule has 0 heterocycles. The molecule has 0 spiro atoms. The molecule has 17 heavy (non-hydrogen) atoms. The maximum absolute atomic E-state index is 11.7. The van der Waals surface area contributed by atoms with Gasteiger partial charge in [0.05, 0.1) is 4.90 Å². The van der Waals surface area contributed by atoms with E-state index < -0.39 is 22.6 Å². The van der Waals surface area contributed by atoms with Crippen LogP contribution in [0.15, 0.2) is 27.6 Å². The van der Waals surface area contributed by atoms with E-state index in [0.29, 0.717) is 10.0 Å². The maximum atomic E-state index is 11.7. The molecular formula is C9H10BrNO5S. The Morgan fingerprint density at radius 2 is 2.18 bits per heavy atom. The Morgan fingerprint density at radius 3 is 2.76 bits per heavy atom. The minimum atomic E-state index is -3.87. The number of rotatable bonds is 5. The van der Waals surface area contributed by atoms with Crippen LogP contribution in [0.25, 0.3) is 0 Å². The van der Waals surface area contributed by atoms with Gasteiger partial charge in [0.2, 0.25) is 0 Å². The second kappa shape index (κ2) is 5.58. The summed E-state index contributed by atoms with van der Waals surface area (Å²) in [4.78, 5) is 16.3. The zero-order chi connectivity index (χ0) is 13.1. The zero-order valence-electron chi connectivity index (χ0n) is 8.81. The summed E-state index contributed by atoms with van der Waals surface area (Å²) in [5.41, 5.74) is 0.527. The largest absolute Gasteiger partial charge is 0.479 e. The second-order valence-electron chi connectivity index (χ2n) is 3.18. The lowest BCUT2D eigenvalue weighted by Gasteiger charge is -2.08. The van der Waals surface area contributed by atoms with E-state index >= 15 is 0 Å². The van der Waals surface area contributed by atoms with Gasteiger partial charge in [-0.05, 0) is 24.6 Å². The van der Waals surface area contributed by atoms with Gasteiger partial charge in [0, 0.05) is 4.47 Å². The molecule has 1 rings (SSSR count). The van der Waals surface area contributed by atoms with Crippen LogP contribution in [0.5, 0.6) is 0 Å². The van der Waals surface area contributed by atoms with Crippen molar-refractivity contribution in [2.45, 2.75) is 11.8 Å². The third-order valence-electron chi connectivity index (χ3n) is 1.80.